The highest BCUT2D eigenvalue weighted by molar-refractivity contribution is 5.80. The van der Waals surface area contributed by atoms with Crippen molar-refractivity contribution in [3.05, 3.63) is 11.9 Å². The van der Waals surface area contributed by atoms with Crippen molar-refractivity contribution in [3.8, 4) is 0 Å². The van der Waals surface area contributed by atoms with Gasteiger partial charge in [-0.1, -0.05) is 5.21 Å². The fourth-order valence-electron chi connectivity index (χ4n) is 2.01. The highest BCUT2D eigenvalue weighted by atomic mass is 16.5. The van der Waals surface area contributed by atoms with Gasteiger partial charge in [0, 0.05) is 13.1 Å². The number of rotatable bonds is 5. The van der Waals surface area contributed by atoms with Crippen molar-refractivity contribution in [1.29, 1.82) is 0 Å². The lowest BCUT2D eigenvalue weighted by Gasteiger charge is -2.29. The van der Waals surface area contributed by atoms with Crippen LogP contribution in [-0.2, 0) is 20.9 Å². The van der Waals surface area contributed by atoms with Crippen LogP contribution in [0, 0.1) is 0 Å². The van der Waals surface area contributed by atoms with Crippen molar-refractivity contribution >= 4 is 11.8 Å². The molecule has 0 aliphatic carbocycles. The Bertz CT molecular complexity index is 497. The Morgan fingerprint density at radius 2 is 2.19 bits per heavy atom. The van der Waals surface area contributed by atoms with Crippen molar-refractivity contribution in [2.45, 2.75) is 19.5 Å². The molecule has 0 aromatic carbocycles. The van der Waals surface area contributed by atoms with E-state index >= 15 is 0 Å². The van der Waals surface area contributed by atoms with Crippen molar-refractivity contribution in [2.24, 2.45) is 5.73 Å². The van der Waals surface area contributed by atoms with Crippen LogP contribution in [0.25, 0.3) is 0 Å². The molecule has 0 saturated carbocycles. The molecule has 2 amide bonds. The summed E-state index contributed by atoms with van der Waals surface area (Å²) < 4.78 is 6.73. The lowest BCUT2D eigenvalue weighted by molar-refractivity contribution is -0.138. The smallest absolute Gasteiger partial charge is 0.247 e. The molecule has 21 heavy (non-hydrogen) atoms. The lowest BCUT2D eigenvalue weighted by Crippen LogP contribution is -2.43. The van der Waals surface area contributed by atoms with E-state index in [1.165, 1.54) is 4.68 Å². The van der Waals surface area contributed by atoms with E-state index in [0.29, 0.717) is 32.0 Å². The zero-order chi connectivity index (χ0) is 15.2. The minimum atomic E-state index is -0.436. The first-order valence-electron chi connectivity index (χ1n) is 6.86. The molecule has 116 valence electrons. The second-order valence-electron chi connectivity index (χ2n) is 4.78. The number of ether oxygens (including phenoxy) is 1. The van der Waals surface area contributed by atoms with Crippen LogP contribution in [0.4, 0.5) is 0 Å². The third-order valence-electron chi connectivity index (χ3n) is 3.29. The quantitative estimate of drug-likeness (QED) is 0.667. The van der Waals surface area contributed by atoms with Crippen LogP contribution in [0.15, 0.2) is 6.20 Å². The molecule has 2 heterocycles. The van der Waals surface area contributed by atoms with Crippen LogP contribution in [0.2, 0.25) is 0 Å². The second kappa shape index (κ2) is 7.14. The SMILES string of the molecule is CC(C(=O)N1CCOCC1)n1cc(CNC(=O)CN)nn1. The molecule has 1 unspecified atom stereocenters. The number of amides is 2. The molecule has 9 heteroatoms. The number of morpholine rings is 1. The van der Waals surface area contributed by atoms with Crippen molar-refractivity contribution < 1.29 is 14.3 Å². The average Bonchev–Trinajstić information content (AvgIpc) is 3.00. The maximum atomic E-state index is 12.3. The Balaban J connectivity index is 1.93. The molecule has 9 nitrogen and oxygen atoms in total. The summed E-state index contributed by atoms with van der Waals surface area (Å²) in [6.07, 6.45) is 1.65. The predicted octanol–water partition coefficient (Wildman–Crippen LogP) is -1.73. The Kier molecular flexibility index (Phi) is 5.23. The second-order valence-corrected chi connectivity index (χ2v) is 4.78. The summed E-state index contributed by atoms with van der Waals surface area (Å²) in [6.45, 7) is 4.26. The van der Waals surface area contributed by atoms with Crippen molar-refractivity contribution in [2.75, 3.05) is 32.8 Å². The fourth-order valence-corrected chi connectivity index (χ4v) is 2.01. The normalized spacial score (nSPS) is 16.6. The lowest BCUT2D eigenvalue weighted by atomic mass is 10.2. The Labute approximate surface area is 122 Å². The molecule has 0 bridgehead atoms. The number of hydrogen-bond acceptors (Lipinski definition) is 6. The van der Waals surface area contributed by atoms with Gasteiger partial charge in [-0.3, -0.25) is 9.59 Å². The summed E-state index contributed by atoms with van der Waals surface area (Å²) in [7, 11) is 0. The monoisotopic (exact) mass is 296 g/mol. The third kappa shape index (κ3) is 3.99. The number of nitrogens with zero attached hydrogens (tertiary/aromatic N) is 4. The minimum absolute atomic E-state index is 0.0132. The molecular formula is C12H20N6O3. The number of aromatic nitrogens is 3. The molecule has 0 radical (unpaired) electrons. The molecule has 1 saturated heterocycles. The standard InChI is InChI=1S/C12H20N6O3/c1-9(12(20)17-2-4-21-5-3-17)18-8-10(15-16-18)7-14-11(19)6-13/h8-9H,2-7,13H2,1H3,(H,14,19). The molecule has 0 spiro atoms. The van der Waals surface area contributed by atoms with Crippen LogP contribution in [0.3, 0.4) is 0 Å². The van der Waals surface area contributed by atoms with Crippen LogP contribution in [-0.4, -0.2) is 64.6 Å². The minimum Gasteiger partial charge on any atom is -0.378 e. The van der Waals surface area contributed by atoms with E-state index in [1.807, 2.05) is 0 Å². The van der Waals surface area contributed by atoms with E-state index in [-0.39, 0.29) is 24.9 Å². The first kappa shape index (κ1) is 15.4. The molecule has 1 atom stereocenters. The maximum Gasteiger partial charge on any atom is 0.247 e. The molecule has 2 rings (SSSR count). The van der Waals surface area contributed by atoms with E-state index in [0.717, 1.165) is 0 Å². The number of hydrogen-bond donors (Lipinski definition) is 2. The number of carbonyl (C=O) groups is 2. The number of carbonyl (C=O) groups excluding carboxylic acids is 2. The van der Waals surface area contributed by atoms with Gasteiger partial charge in [-0.05, 0) is 6.92 Å². The zero-order valence-electron chi connectivity index (χ0n) is 12.0. The van der Waals surface area contributed by atoms with Gasteiger partial charge in [0.05, 0.1) is 32.5 Å². The van der Waals surface area contributed by atoms with E-state index in [2.05, 4.69) is 15.6 Å². The van der Waals surface area contributed by atoms with Crippen LogP contribution in [0.1, 0.15) is 18.7 Å². The first-order valence-corrected chi connectivity index (χ1v) is 6.86. The summed E-state index contributed by atoms with van der Waals surface area (Å²) >= 11 is 0. The summed E-state index contributed by atoms with van der Waals surface area (Å²) in [4.78, 5) is 25.1. The van der Waals surface area contributed by atoms with E-state index < -0.39 is 6.04 Å². The van der Waals surface area contributed by atoms with Crippen LogP contribution >= 0.6 is 0 Å². The molecule has 1 aliphatic rings. The van der Waals surface area contributed by atoms with Crippen LogP contribution < -0.4 is 11.1 Å². The van der Waals surface area contributed by atoms with Gasteiger partial charge >= 0.3 is 0 Å². The Hall–Kier alpha value is -2.00. The highest BCUT2D eigenvalue weighted by Gasteiger charge is 2.24. The first-order chi connectivity index (χ1) is 10.1. The van der Waals surface area contributed by atoms with Gasteiger partial charge in [0.25, 0.3) is 0 Å². The largest absolute Gasteiger partial charge is 0.378 e. The summed E-state index contributed by atoms with van der Waals surface area (Å²) in [5.41, 5.74) is 5.78. The van der Waals surface area contributed by atoms with E-state index in [9.17, 15) is 9.59 Å². The fraction of sp³-hybridized carbons (Fsp3) is 0.667. The highest BCUT2D eigenvalue weighted by Crippen LogP contribution is 2.11. The maximum absolute atomic E-state index is 12.3. The Morgan fingerprint density at radius 3 is 2.86 bits per heavy atom. The molecule has 1 aromatic rings. The zero-order valence-corrected chi connectivity index (χ0v) is 12.0. The van der Waals surface area contributed by atoms with Gasteiger partial charge in [-0.2, -0.15) is 0 Å². The molecule has 1 fully saturated rings. The predicted molar refractivity (Wildman–Crippen MR) is 73.0 cm³/mol. The average molecular weight is 296 g/mol. The van der Waals surface area contributed by atoms with Gasteiger partial charge in [0.15, 0.2) is 0 Å². The van der Waals surface area contributed by atoms with Crippen molar-refractivity contribution in [3.63, 3.8) is 0 Å². The topological polar surface area (TPSA) is 115 Å². The summed E-state index contributed by atoms with van der Waals surface area (Å²) in [6, 6.07) is -0.436. The van der Waals surface area contributed by atoms with Gasteiger partial charge in [0.2, 0.25) is 11.8 Å². The number of nitrogens with one attached hydrogen (secondary N) is 1. The summed E-state index contributed by atoms with van der Waals surface area (Å²) in [5.74, 6) is -0.275. The van der Waals surface area contributed by atoms with Gasteiger partial charge < -0.3 is 20.7 Å². The molecule has 1 aromatic heterocycles. The van der Waals surface area contributed by atoms with E-state index in [1.54, 1.807) is 18.0 Å². The summed E-state index contributed by atoms with van der Waals surface area (Å²) in [5, 5.41) is 10.5. The molecular weight excluding hydrogens is 276 g/mol. The van der Waals surface area contributed by atoms with Crippen LogP contribution in [0.5, 0.6) is 0 Å². The van der Waals surface area contributed by atoms with Gasteiger partial charge in [0.1, 0.15) is 11.7 Å². The van der Waals surface area contributed by atoms with Gasteiger partial charge in [-0.25, -0.2) is 4.68 Å². The third-order valence-corrected chi connectivity index (χ3v) is 3.29. The van der Waals surface area contributed by atoms with E-state index in [4.69, 9.17) is 10.5 Å². The van der Waals surface area contributed by atoms with Gasteiger partial charge in [-0.15, -0.1) is 5.10 Å². The molecule has 1 aliphatic heterocycles. The number of nitrogens with two attached hydrogens (primary N) is 1. The van der Waals surface area contributed by atoms with Crippen molar-refractivity contribution in [1.82, 2.24) is 25.2 Å². The Morgan fingerprint density at radius 1 is 1.48 bits per heavy atom. The molecule has 3 N–H and O–H groups in total.